The van der Waals surface area contributed by atoms with Crippen LogP contribution in [0.3, 0.4) is 0 Å². The highest BCUT2D eigenvalue weighted by molar-refractivity contribution is 9.09. The van der Waals surface area contributed by atoms with Crippen LogP contribution < -0.4 is 9.47 Å². The summed E-state index contributed by atoms with van der Waals surface area (Å²) in [4.78, 5) is 0.292. The highest BCUT2D eigenvalue weighted by Gasteiger charge is 2.21. The Bertz CT molecular complexity index is 389. The van der Waals surface area contributed by atoms with Gasteiger partial charge in [0.05, 0.1) is 20.3 Å². The standard InChI is InChI=1S/C14H19BrO3/c1-16-13-6-5-10(8-14(13)17-2)12(15)9-11-4-3-7-18-11/h5-6,8,11-12H,3-4,7,9H2,1-2H3. The van der Waals surface area contributed by atoms with Crippen LogP contribution in [-0.2, 0) is 4.74 Å². The predicted octanol–water partition coefficient (Wildman–Crippen LogP) is 3.71. The van der Waals surface area contributed by atoms with Crippen molar-refractivity contribution in [1.82, 2.24) is 0 Å². The molecule has 100 valence electrons. The minimum atomic E-state index is 0.292. The summed E-state index contributed by atoms with van der Waals surface area (Å²) in [6, 6.07) is 6.03. The Morgan fingerprint density at radius 3 is 2.72 bits per heavy atom. The third kappa shape index (κ3) is 3.18. The molecule has 3 nitrogen and oxygen atoms in total. The van der Waals surface area contributed by atoms with Gasteiger partial charge in [0, 0.05) is 11.4 Å². The Kier molecular flexibility index (Phi) is 4.89. The Labute approximate surface area is 117 Å². The van der Waals surface area contributed by atoms with Gasteiger partial charge in [-0.05, 0) is 37.0 Å². The lowest BCUT2D eigenvalue weighted by atomic mass is 10.0. The van der Waals surface area contributed by atoms with Crippen molar-refractivity contribution in [1.29, 1.82) is 0 Å². The van der Waals surface area contributed by atoms with Crippen LogP contribution in [0, 0.1) is 0 Å². The van der Waals surface area contributed by atoms with Crippen molar-refractivity contribution < 1.29 is 14.2 Å². The third-order valence-electron chi connectivity index (χ3n) is 3.26. The summed E-state index contributed by atoms with van der Waals surface area (Å²) in [5, 5.41) is 0. The molecule has 1 aromatic rings. The second-order valence-electron chi connectivity index (χ2n) is 4.45. The Morgan fingerprint density at radius 2 is 2.11 bits per heavy atom. The second kappa shape index (κ2) is 6.43. The molecule has 0 saturated carbocycles. The lowest BCUT2D eigenvalue weighted by molar-refractivity contribution is 0.104. The third-order valence-corrected chi connectivity index (χ3v) is 4.17. The molecule has 0 spiro atoms. The Morgan fingerprint density at radius 1 is 1.33 bits per heavy atom. The number of methoxy groups -OCH3 is 2. The quantitative estimate of drug-likeness (QED) is 0.775. The first kappa shape index (κ1) is 13.7. The van der Waals surface area contributed by atoms with E-state index >= 15 is 0 Å². The number of benzene rings is 1. The highest BCUT2D eigenvalue weighted by Crippen LogP contribution is 2.36. The van der Waals surface area contributed by atoms with Gasteiger partial charge in [-0.25, -0.2) is 0 Å². The number of rotatable bonds is 5. The van der Waals surface area contributed by atoms with Crippen molar-refractivity contribution in [3.63, 3.8) is 0 Å². The number of alkyl halides is 1. The zero-order chi connectivity index (χ0) is 13.0. The van der Waals surface area contributed by atoms with Gasteiger partial charge < -0.3 is 14.2 Å². The molecule has 2 unspecified atom stereocenters. The summed E-state index contributed by atoms with van der Waals surface area (Å²) in [6.07, 6.45) is 3.71. The maximum atomic E-state index is 5.66. The van der Waals surface area contributed by atoms with Crippen molar-refractivity contribution in [2.75, 3.05) is 20.8 Å². The fourth-order valence-corrected chi connectivity index (χ4v) is 2.95. The van der Waals surface area contributed by atoms with Gasteiger partial charge in [-0.3, -0.25) is 0 Å². The maximum absolute atomic E-state index is 5.66. The molecule has 0 aromatic heterocycles. The number of hydrogen-bond acceptors (Lipinski definition) is 3. The van der Waals surface area contributed by atoms with Crippen LogP contribution in [0.1, 0.15) is 29.7 Å². The first-order chi connectivity index (χ1) is 8.74. The topological polar surface area (TPSA) is 27.7 Å². The smallest absolute Gasteiger partial charge is 0.161 e. The van der Waals surface area contributed by atoms with Crippen LogP contribution in [0.15, 0.2) is 18.2 Å². The van der Waals surface area contributed by atoms with Gasteiger partial charge >= 0.3 is 0 Å². The van der Waals surface area contributed by atoms with Gasteiger partial charge in [-0.2, -0.15) is 0 Å². The van der Waals surface area contributed by atoms with Crippen molar-refractivity contribution in [2.24, 2.45) is 0 Å². The van der Waals surface area contributed by atoms with E-state index in [1.807, 2.05) is 12.1 Å². The van der Waals surface area contributed by atoms with Crippen LogP contribution in [0.25, 0.3) is 0 Å². The van der Waals surface area contributed by atoms with Crippen molar-refractivity contribution in [2.45, 2.75) is 30.2 Å². The van der Waals surface area contributed by atoms with Crippen molar-refractivity contribution in [3.05, 3.63) is 23.8 Å². The number of ether oxygens (including phenoxy) is 3. The molecular weight excluding hydrogens is 296 g/mol. The normalized spacial score (nSPS) is 20.7. The average molecular weight is 315 g/mol. The minimum Gasteiger partial charge on any atom is -0.493 e. The molecule has 0 amide bonds. The summed E-state index contributed by atoms with van der Waals surface area (Å²) in [7, 11) is 3.31. The summed E-state index contributed by atoms with van der Waals surface area (Å²) in [6.45, 7) is 0.899. The lowest BCUT2D eigenvalue weighted by Crippen LogP contribution is -2.08. The van der Waals surface area contributed by atoms with Gasteiger partial charge in [0.2, 0.25) is 0 Å². The van der Waals surface area contributed by atoms with E-state index in [9.17, 15) is 0 Å². The molecule has 0 bridgehead atoms. The van der Waals surface area contributed by atoms with Crippen molar-refractivity contribution >= 4 is 15.9 Å². The average Bonchev–Trinajstić information content (AvgIpc) is 2.90. The summed E-state index contributed by atoms with van der Waals surface area (Å²) >= 11 is 3.73. The molecule has 2 atom stereocenters. The van der Waals surface area contributed by atoms with Gasteiger partial charge in [-0.15, -0.1) is 0 Å². The van der Waals surface area contributed by atoms with E-state index in [4.69, 9.17) is 14.2 Å². The summed E-state index contributed by atoms with van der Waals surface area (Å²) in [5.41, 5.74) is 1.20. The summed E-state index contributed by atoms with van der Waals surface area (Å²) in [5.74, 6) is 1.53. The van der Waals surface area contributed by atoms with E-state index in [2.05, 4.69) is 22.0 Å². The fourth-order valence-electron chi connectivity index (χ4n) is 2.24. The Hall–Kier alpha value is -0.740. The van der Waals surface area contributed by atoms with Crippen LogP contribution in [0.5, 0.6) is 11.5 Å². The van der Waals surface area contributed by atoms with E-state index in [1.54, 1.807) is 14.2 Å². The maximum Gasteiger partial charge on any atom is 0.161 e. The molecule has 1 aliphatic rings. The molecule has 1 aromatic carbocycles. The zero-order valence-electron chi connectivity index (χ0n) is 10.8. The molecule has 2 rings (SSSR count). The van der Waals surface area contributed by atoms with Crippen molar-refractivity contribution in [3.8, 4) is 11.5 Å². The lowest BCUT2D eigenvalue weighted by Gasteiger charge is -2.16. The van der Waals surface area contributed by atoms with Gasteiger partial charge in [-0.1, -0.05) is 22.0 Å². The molecule has 1 aliphatic heterocycles. The van der Waals surface area contributed by atoms with Crippen LogP contribution >= 0.6 is 15.9 Å². The van der Waals surface area contributed by atoms with E-state index in [-0.39, 0.29) is 0 Å². The van der Waals surface area contributed by atoms with E-state index in [0.29, 0.717) is 10.9 Å². The molecule has 1 fully saturated rings. The molecule has 0 N–H and O–H groups in total. The van der Waals surface area contributed by atoms with Gasteiger partial charge in [0.1, 0.15) is 0 Å². The highest BCUT2D eigenvalue weighted by atomic mass is 79.9. The molecule has 1 saturated heterocycles. The monoisotopic (exact) mass is 314 g/mol. The predicted molar refractivity (Wildman–Crippen MR) is 74.8 cm³/mol. The molecule has 4 heteroatoms. The molecule has 18 heavy (non-hydrogen) atoms. The largest absolute Gasteiger partial charge is 0.493 e. The van der Waals surface area contributed by atoms with Crippen LogP contribution in [0.4, 0.5) is 0 Å². The van der Waals surface area contributed by atoms with Crippen LogP contribution in [0.2, 0.25) is 0 Å². The number of halogens is 1. The second-order valence-corrected chi connectivity index (χ2v) is 5.56. The Balaban J connectivity index is 2.06. The van der Waals surface area contributed by atoms with Gasteiger partial charge in [0.15, 0.2) is 11.5 Å². The molecular formula is C14H19BrO3. The fraction of sp³-hybridized carbons (Fsp3) is 0.571. The number of hydrogen-bond donors (Lipinski definition) is 0. The van der Waals surface area contributed by atoms with E-state index < -0.39 is 0 Å². The SMILES string of the molecule is COc1ccc(C(Br)CC2CCCO2)cc1OC. The first-order valence-corrected chi connectivity index (χ1v) is 7.13. The minimum absolute atomic E-state index is 0.292. The molecule has 1 heterocycles. The molecule has 0 aliphatic carbocycles. The van der Waals surface area contributed by atoms with Crippen LogP contribution in [-0.4, -0.2) is 26.9 Å². The zero-order valence-corrected chi connectivity index (χ0v) is 12.4. The van der Waals surface area contributed by atoms with E-state index in [0.717, 1.165) is 30.9 Å². The van der Waals surface area contributed by atoms with E-state index in [1.165, 1.54) is 12.0 Å². The summed E-state index contributed by atoms with van der Waals surface area (Å²) < 4.78 is 16.2. The molecule has 0 radical (unpaired) electrons. The van der Waals surface area contributed by atoms with Gasteiger partial charge in [0.25, 0.3) is 0 Å². The first-order valence-electron chi connectivity index (χ1n) is 6.22.